The maximum Gasteiger partial charge on any atom is 0.149 e. The molecule has 0 spiro atoms. The Kier molecular flexibility index (Phi) is 8.64. The van der Waals surface area contributed by atoms with E-state index in [0.717, 1.165) is 49.2 Å². The van der Waals surface area contributed by atoms with E-state index in [1.54, 1.807) is 0 Å². The molecule has 1 heterocycles. The van der Waals surface area contributed by atoms with Gasteiger partial charge in [-0.25, -0.2) is 5.43 Å². The predicted octanol–water partition coefficient (Wildman–Crippen LogP) is 3.83. The molecule has 3 aromatic carbocycles. The van der Waals surface area contributed by atoms with Crippen molar-refractivity contribution in [2.75, 3.05) is 26.2 Å². The van der Waals surface area contributed by atoms with Crippen molar-refractivity contribution < 1.29 is 15.0 Å². The first-order valence-corrected chi connectivity index (χ1v) is 12.8. The van der Waals surface area contributed by atoms with Gasteiger partial charge in [-0.3, -0.25) is 0 Å². The molecule has 4 rings (SSSR count). The molecular formula is C29H33ClN3O3-. The number of benzene rings is 3. The lowest BCUT2D eigenvalue weighted by molar-refractivity contribution is -0.252. The second kappa shape index (κ2) is 11.9. The number of rotatable bonds is 10. The van der Waals surface area contributed by atoms with Crippen LogP contribution in [0.1, 0.15) is 42.4 Å². The lowest BCUT2D eigenvalue weighted by Crippen LogP contribution is -2.51. The van der Waals surface area contributed by atoms with E-state index in [4.69, 9.17) is 11.6 Å². The van der Waals surface area contributed by atoms with Gasteiger partial charge < -0.3 is 25.3 Å². The molecule has 3 N–H and O–H groups in total. The number of carboxylic acid groups (broad SMARTS) is 1. The largest absolute Gasteiger partial charge is 0.529 e. The van der Waals surface area contributed by atoms with Crippen LogP contribution in [0.25, 0.3) is 0 Å². The highest BCUT2D eigenvalue weighted by Crippen LogP contribution is 2.37. The first-order chi connectivity index (χ1) is 17.4. The number of hydrogen-bond donors (Lipinski definition) is 3. The van der Waals surface area contributed by atoms with Gasteiger partial charge in [0.2, 0.25) is 0 Å². The molecule has 1 aliphatic rings. The molecule has 7 heteroatoms. The summed E-state index contributed by atoms with van der Waals surface area (Å²) in [5.41, 5.74) is 7.02. The molecule has 3 aromatic rings. The summed E-state index contributed by atoms with van der Waals surface area (Å²) in [6.07, 6.45) is 1.73. The molecule has 6 nitrogen and oxygen atoms in total. The van der Waals surface area contributed by atoms with Crippen LogP contribution in [0.15, 0.2) is 84.9 Å². The highest BCUT2D eigenvalue weighted by atomic mass is 35.5. The van der Waals surface area contributed by atoms with Crippen LogP contribution in [0.5, 0.6) is 0 Å². The maximum atomic E-state index is 11.2. The van der Waals surface area contributed by atoms with Crippen molar-refractivity contribution in [3.63, 3.8) is 0 Å². The van der Waals surface area contributed by atoms with Gasteiger partial charge in [-0.2, -0.15) is 0 Å². The van der Waals surface area contributed by atoms with E-state index in [1.807, 2.05) is 60.7 Å². The number of amides is 1. The van der Waals surface area contributed by atoms with E-state index >= 15 is 0 Å². The van der Waals surface area contributed by atoms with Crippen molar-refractivity contribution in [2.24, 2.45) is 0 Å². The van der Waals surface area contributed by atoms with E-state index < -0.39 is 17.1 Å². The van der Waals surface area contributed by atoms with E-state index in [2.05, 4.69) is 40.0 Å². The molecule has 0 aromatic heterocycles. The number of carbonyl (C=O) groups excluding carboxylic acids is 1. The highest BCUT2D eigenvalue weighted by molar-refractivity contribution is 6.30. The average molecular weight is 507 g/mol. The van der Waals surface area contributed by atoms with Crippen LogP contribution in [0.2, 0.25) is 5.02 Å². The summed E-state index contributed by atoms with van der Waals surface area (Å²) >= 11 is 6.02. The Hall–Kier alpha value is -2.90. The van der Waals surface area contributed by atoms with Gasteiger partial charge in [0.15, 0.2) is 0 Å². The summed E-state index contributed by atoms with van der Waals surface area (Å²) in [6, 6.07) is 27.9. The zero-order valence-corrected chi connectivity index (χ0v) is 21.1. The second-order valence-electron chi connectivity index (χ2n) is 9.56. The molecule has 1 aliphatic heterocycles. The molecule has 0 bridgehead atoms. The summed E-state index contributed by atoms with van der Waals surface area (Å²) in [6.45, 7) is 2.91. The quantitative estimate of drug-likeness (QED) is 0.364. The minimum absolute atomic E-state index is 0.394. The molecule has 1 amide bonds. The fourth-order valence-corrected chi connectivity index (χ4v) is 5.46. The third-order valence-electron chi connectivity index (χ3n) is 7.38. The molecule has 0 atom stereocenters. The topological polar surface area (TPSA) is 87.7 Å². The van der Waals surface area contributed by atoms with Crippen molar-refractivity contribution in [1.82, 2.24) is 15.8 Å². The van der Waals surface area contributed by atoms with E-state index in [0.29, 0.717) is 24.4 Å². The molecule has 1 saturated heterocycles. The Balaban J connectivity index is 1.45. The van der Waals surface area contributed by atoms with E-state index in [9.17, 15) is 15.0 Å². The van der Waals surface area contributed by atoms with Crippen molar-refractivity contribution in [1.29, 1.82) is 0 Å². The standard InChI is InChI=1S/C29H34ClN3O3/c30-26-14-12-25(13-15-26)29(36)17-20-33(21-18-29)19-7-16-28(22-31-32-27(34)35,23-8-3-1-4-9-23)24-10-5-2-6-11-24/h1-6,8-15,31-32,36H,7,16-22H2,(H,34,35)/p-1. The summed E-state index contributed by atoms with van der Waals surface area (Å²) in [4.78, 5) is 13.4. The first-order valence-electron chi connectivity index (χ1n) is 12.4. The minimum Gasteiger partial charge on any atom is -0.529 e. The molecule has 0 unspecified atom stereocenters. The Morgan fingerprint density at radius 3 is 2.03 bits per heavy atom. The smallest absolute Gasteiger partial charge is 0.149 e. The van der Waals surface area contributed by atoms with Crippen LogP contribution in [-0.4, -0.2) is 42.3 Å². The van der Waals surface area contributed by atoms with Gasteiger partial charge >= 0.3 is 0 Å². The van der Waals surface area contributed by atoms with Crippen molar-refractivity contribution in [3.8, 4) is 0 Å². The number of piperidine rings is 1. The van der Waals surface area contributed by atoms with Crippen LogP contribution in [0.3, 0.4) is 0 Å². The number of halogens is 1. The molecular weight excluding hydrogens is 474 g/mol. The zero-order chi connectivity index (χ0) is 25.4. The minimum atomic E-state index is -1.36. The average Bonchev–Trinajstić information content (AvgIpc) is 2.90. The molecule has 0 saturated carbocycles. The van der Waals surface area contributed by atoms with E-state index in [-0.39, 0.29) is 0 Å². The summed E-state index contributed by atoms with van der Waals surface area (Å²) in [7, 11) is 0. The number of likely N-dealkylation sites (tertiary alicyclic amines) is 1. The Bertz CT molecular complexity index is 1060. The Labute approximate surface area is 217 Å². The number of hydrogen-bond acceptors (Lipinski definition) is 5. The van der Waals surface area contributed by atoms with Gasteiger partial charge in [0.25, 0.3) is 0 Å². The van der Waals surface area contributed by atoms with Crippen molar-refractivity contribution in [2.45, 2.75) is 36.7 Å². The molecule has 190 valence electrons. The van der Waals surface area contributed by atoms with Crippen LogP contribution in [0, 0.1) is 0 Å². The van der Waals surface area contributed by atoms with E-state index in [1.165, 1.54) is 0 Å². The summed E-state index contributed by atoms with van der Waals surface area (Å²) in [5.74, 6) is 0. The number of aliphatic hydroxyl groups is 1. The number of hydrazine groups is 1. The fourth-order valence-electron chi connectivity index (χ4n) is 5.33. The van der Waals surface area contributed by atoms with Crippen LogP contribution < -0.4 is 16.0 Å². The third-order valence-corrected chi connectivity index (χ3v) is 7.63. The number of nitrogens with one attached hydrogen (secondary N) is 2. The third kappa shape index (κ3) is 6.26. The molecule has 36 heavy (non-hydrogen) atoms. The Morgan fingerprint density at radius 1 is 0.944 bits per heavy atom. The van der Waals surface area contributed by atoms with Crippen molar-refractivity contribution in [3.05, 3.63) is 107 Å². The summed E-state index contributed by atoms with van der Waals surface area (Å²) in [5, 5.41) is 22.9. The lowest BCUT2D eigenvalue weighted by atomic mass is 9.71. The molecule has 1 fully saturated rings. The fraction of sp³-hybridized carbons (Fsp3) is 0.345. The van der Waals surface area contributed by atoms with Gasteiger partial charge in [0.1, 0.15) is 6.09 Å². The van der Waals surface area contributed by atoms with Gasteiger partial charge in [0.05, 0.1) is 5.60 Å². The molecule has 0 radical (unpaired) electrons. The number of carbonyl (C=O) groups is 1. The van der Waals surface area contributed by atoms with Gasteiger partial charge in [-0.1, -0.05) is 84.4 Å². The van der Waals surface area contributed by atoms with Crippen molar-refractivity contribution >= 4 is 17.7 Å². The zero-order valence-electron chi connectivity index (χ0n) is 20.3. The normalized spacial score (nSPS) is 15.9. The van der Waals surface area contributed by atoms with Gasteiger partial charge in [-0.05, 0) is 61.1 Å². The SMILES string of the molecule is O=C([O-])NNCC(CCCN1CCC(O)(c2ccc(Cl)cc2)CC1)(c1ccccc1)c1ccccc1. The Morgan fingerprint density at radius 2 is 1.50 bits per heavy atom. The van der Waals surface area contributed by atoms with Crippen LogP contribution in [0.4, 0.5) is 4.79 Å². The first kappa shape index (κ1) is 26.2. The highest BCUT2D eigenvalue weighted by Gasteiger charge is 2.36. The molecule has 0 aliphatic carbocycles. The monoisotopic (exact) mass is 506 g/mol. The van der Waals surface area contributed by atoms with Crippen LogP contribution >= 0.6 is 11.6 Å². The van der Waals surface area contributed by atoms with Crippen LogP contribution in [-0.2, 0) is 11.0 Å². The van der Waals surface area contributed by atoms with Gasteiger partial charge in [0, 0.05) is 30.1 Å². The summed E-state index contributed by atoms with van der Waals surface area (Å²) < 4.78 is 0. The predicted molar refractivity (Wildman–Crippen MR) is 140 cm³/mol. The second-order valence-corrected chi connectivity index (χ2v) is 10.0. The number of nitrogens with zero attached hydrogens (tertiary/aromatic N) is 1. The van der Waals surface area contributed by atoms with Gasteiger partial charge in [-0.15, -0.1) is 0 Å². The maximum absolute atomic E-state index is 11.2. The lowest BCUT2D eigenvalue weighted by Gasteiger charge is -2.40.